The van der Waals surface area contributed by atoms with E-state index >= 15 is 0 Å². The third-order valence-corrected chi connectivity index (χ3v) is 2.28. The Labute approximate surface area is 87.5 Å². The summed E-state index contributed by atoms with van der Waals surface area (Å²) in [4.78, 5) is 21.4. The average molecular weight is 207 g/mol. The van der Waals surface area contributed by atoms with Gasteiger partial charge in [0, 0.05) is 26.2 Å². The van der Waals surface area contributed by atoms with Crippen LogP contribution in [0.1, 0.15) is 10.5 Å². The van der Waals surface area contributed by atoms with Gasteiger partial charge in [-0.25, -0.2) is 4.98 Å². The zero-order chi connectivity index (χ0) is 10.7. The number of nitrogen functional groups attached to an aromatic ring is 1. The molecule has 80 valence electrons. The first kappa shape index (κ1) is 9.85. The molecule has 15 heavy (non-hydrogen) atoms. The van der Waals surface area contributed by atoms with Crippen molar-refractivity contribution in [3.05, 3.63) is 18.1 Å². The van der Waals surface area contributed by atoms with E-state index in [1.54, 1.807) is 4.90 Å². The Morgan fingerprint density at radius 3 is 2.80 bits per heavy atom. The standard InChI is InChI=1S/C9H13N5O/c10-8-6-12-5-7(13-8)9(15)14-3-1-11-2-4-14/h5-6,11H,1-4H2,(H2,10,13). The summed E-state index contributed by atoms with van der Waals surface area (Å²) in [6, 6.07) is 0. The smallest absolute Gasteiger partial charge is 0.274 e. The Bertz CT molecular complexity index is 361. The first-order chi connectivity index (χ1) is 7.27. The van der Waals surface area contributed by atoms with Crippen LogP contribution in [-0.4, -0.2) is 47.0 Å². The van der Waals surface area contributed by atoms with Gasteiger partial charge in [0.25, 0.3) is 5.91 Å². The first-order valence-corrected chi connectivity index (χ1v) is 4.85. The Hall–Kier alpha value is -1.69. The number of amides is 1. The predicted octanol–water partition coefficient (Wildman–Crippen LogP) is -0.896. The zero-order valence-electron chi connectivity index (χ0n) is 8.31. The maximum atomic E-state index is 11.9. The van der Waals surface area contributed by atoms with Crippen LogP contribution in [0.4, 0.5) is 5.82 Å². The molecular formula is C9H13N5O. The minimum absolute atomic E-state index is 0.101. The van der Waals surface area contributed by atoms with Gasteiger partial charge in [0.15, 0.2) is 0 Å². The molecular weight excluding hydrogens is 194 g/mol. The van der Waals surface area contributed by atoms with Crippen LogP contribution < -0.4 is 11.1 Å². The summed E-state index contributed by atoms with van der Waals surface area (Å²) in [5.74, 6) is 0.173. The zero-order valence-corrected chi connectivity index (χ0v) is 8.31. The number of nitrogens with zero attached hydrogens (tertiary/aromatic N) is 3. The normalized spacial score (nSPS) is 16.4. The number of nitrogens with two attached hydrogens (primary N) is 1. The van der Waals surface area contributed by atoms with Crippen molar-refractivity contribution in [1.82, 2.24) is 20.2 Å². The summed E-state index contributed by atoms with van der Waals surface area (Å²) in [5, 5.41) is 3.18. The molecule has 0 atom stereocenters. The monoisotopic (exact) mass is 207 g/mol. The molecule has 0 radical (unpaired) electrons. The fourth-order valence-electron chi connectivity index (χ4n) is 1.51. The van der Waals surface area contributed by atoms with Gasteiger partial charge in [0.05, 0.1) is 12.4 Å². The van der Waals surface area contributed by atoms with Crippen LogP contribution in [0.2, 0.25) is 0 Å². The van der Waals surface area contributed by atoms with Crippen molar-refractivity contribution in [2.45, 2.75) is 0 Å². The molecule has 0 aromatic carbocycles. The third kappa shape index (κ3) is 2.21. The van der Waals surface area contributed by atoms with Crippen molar-refractivity contribution in [2.24, 2.45) is 0 Å². The number of nitrogens with one attached hydrogen (secondary N) is 1. The fraction of sp³-hybridized carbons (Fsp3) is 0.444. The topological polar surface area (TPSA) is 84.1 Å². The summed E-state index contributed by atoms with van der Waals surface area (Å²) in [7, 11) is 0. The van der Waals surface area contributed by atoms with E-state index in [9.17, 15) is 4.79 Å². The van der Waals surface area contributed by atoms with Crippen LogP contribution in [-0.2, 0) is 0 Å². The molecule has 0 bridgehead atoms. The molecule has 1 amide bonds. The SMILES string of the molecule is Nc1cncc(C(=O)N2CCNCC2)n1. The Morgan fingerprint density at radius 1 is 1.40 bits per heavy atom. The quantitative estimate of drug-likeness (QED) is 0.623. The van der Waals surface area contributed by atoms with Gasteiger partial charge >= 0.3 is 0 Å². The van der Waals surface area contributed by atoms with Gasteiger partial charge in [-0.2, -0.15) is 0 Å². The minimum Gasteiger partial charge on any atom is -0.382 e. The van der Waals surface area contributed by atoms with Crippen LogP contribution in [0, 0.1) is 0 Å². The molecule has 0 aliphatic carbocycles. The molecule has 6 heteroatoms. The molecule has 1 aliphatic heterocycles. The molecule has 0 saturated carbocycles. The van der Waals surface area contributed by atoms with Crippen LogP contribution in [0.25, 0.3) is 0 Å². The van der Waals surface area contributed by atoms with E-state index in [4.69, 9.17) is 5.73 Å². The molecule has 1 fully saturated rings. The van der Waals surface area contributed by atoms with Crippen LogP contribution >= 0.6 is 0 Å². The molecule has 1 aliphatic rings. The van der Waals surface area contributed by atoms with E-state index in [1.165, 1.54) is 12.4 Å². The van der Waals surface area contributed by atoms with Gasteiger partial charge < -0.3 is 16.0 Å². The lowest BCUT2D eigenvalue weighted by Crippen LogP contribution is -2.46. The molecule has 3 N–H and O–H groups in total. The number of carbonyl (C=O) groups is 1. The highest BCUT2D eigenvalue weighted by Crippen LogP contribution is 2.03. The summed E-state index contributed by atoms with van der Waals surface area (Å²) in [6.07, 6.45) is 2.87. The molecule has 1 saturated heterocycles. The van der Waals surface area contributed by atoms with E-state index in [0.717, 1.165) is 13.1 Å². The largest absolute Gasteiger partial charge is 0.382 e. The summed E-state index contributed by atoms with van der Waals surface area (Å²) >= 11 is 0. The second kappa shape index (κ2) is 4.22. The van der Waals surface area contributed by atoms with Gasteiger partial charge in [-0.05, 0) is 0 Å². The van der Waals surface area contributed by atoms with Crippen molar-refractivity contribution in [3.8, 4) is 0 Å². The molecule has 0 unspecified atom stereocenters. The van der Waals surface area contributed by atoms with Gasteiger partial charge in [-0.3, -0.25) is 9.78 Å². The van der Waals surface area contributed by atoms with E-state index in [1.807, 2.05) is 0 Å². The van der Waals surface area contributed by atoms with Crippen LogP contribution in [0.15, 0.2) is 12.4 Å². The van der Waals surface area contributed by atoms with Crippen LogP contribution in [0.3, 0.4) is 0 Å². The van der Waals surface area contributed by atoms with Crippen molar-refractivity contribution < 1.29 is 4.79 Å². The predicted molar refractivity (Wildman–Crippen MR) is 55.2 cm³/mol. The molecule has 2 heterocycles. The lowest BCUT2D eigenvalue weighted by Gasteiger charge is -2.26. The number of anilines is 1. The highest BCUT2D eigenvalue weighted by atomic mass is 16.2. The molecule has 1 aromatic heterocycles. The van der Waals surface area contributed by atoms with E-state index in [0.29, 0.717) is 18.8 Å². The number of aromatic nitrogens is 2. The number of carbonyl (C=O) groups excluding carboxylic acids is 1. The van der Waals surface area contributed by atoms with E-state index in [-0.39, 0.29) is 11.7 Å². The number of piperazine rings is 1. The molecule has 6 nitrogen and oxygen atoms in total. The van der Waals surface area contributed by atoms with Gasteiger partial charge in [0.1, 0.15) is 11.5 Å². The van der Waals surface area contributed by atoms with Crippen LogP contribution in [0.5, 0.6) is 0 Å². The second-order valence-electron chi connectivity index (χ2n) is 3.37. The second-order valence-corrected chi connectivity index (χ2v) is 3.37. The highest BCUT2D eigenvalue weighted by Gasteiger charge is 2.19. The third-order valence-electron chi connectivity index (χ3n) is 2.28. The highest BCUT2D eigenvalue weighted by molar-refractivity contribution is 5.92. The van der Waals surface area contributed by atoms with E-state index < -0.39 is 0 Å². The Morgan fingerprint density at radius 2 is 2.13 bits per heavy atom. The fourth-order valence-corrected chi connectivity index (χ4v) is 1.51. The Balaban J connectivity index is 2.12. The number of rotatable bonds is 1. The minimum atomic E-state index is -0.101. The molecule has 2 rings (SSSR count). The summed E-state index contributed by atoms with van der Waals surface area (Å²) < 4.78 is 0. The summed E-state index contributed by atoms with van der Waals surface area (Å²) in [5.41, 5.74) is 5.79. The van der Waals surface area contributed by atoms with Crippen molar-refractivity contribution in [2.75, 3.05) is 31.9 Å². The average Bonchev–Trinajstić information content (AvgIpc) is 2.29. The van der Waals surface area contributed by atoms with Crippen molar-refractivity contribution >= 4 is 11.7 Å². The number of hydrogen-bond donors (Lipinski definition) is 2. The lowest BCUT2D eigenvalue weighted by molar-refractivity contribution is 0.0729. The number of hydrogen-bond acceptors (Lipinski definition) is 5. The first-order valence-electron chi connectivity index (χ1n) is 4.85. The molecule has 0 spiro atoms. The van der Waals surface area contributed by atoms with Gasteiger partial charge in [-0.1, -0.05) is 0 Å². The molecule has 1 aromatic rings. The maximum Gasteiger partial charge on any atom is 0.274 e. The maximum absolute atomic E-state index is 11.9. The van der Waals surface area contributed by atoms with Gasteiger partial charge in [0.2, 0.25) is 0 Å². The van der Waals surface area contributed by atoms with Crippen molar-refractivity contribution in [1.29, 1.82) is 0 Å². The lowest BCUT2D eigenvalue weighted by atomic mass is 10.3. The van der Waals surface area contributed by atoms with E-state index in [2.05, 4.69) is 15.3 Å². The Kier molecular flexibility index (Phi) is 2.77. The van der Waals surface area contributed by atoms with Gasteiger partial charge in [-0.15, -0.1) is 0 Å². The summed E-state index contributed by atoms with van der Waals surface area (Å²) in [6.45, 7) is 3.05. The van der Waals surface area contributed by atoms with Crippen molar-refractivity contribution in [3.63, 3.8) is 0 Å².